The van der Waals surface area contributed by atoms with Crippen LogP contribution in [0, 0.1) is 0 Å². The van der Waals surface area contributed by atoms with Gasteiger partial charge in [-0.3, -0.25) is 4.79 Å². The Morgan fingerprint density at radius 3 is 1.69 bits per heavy atom. The van der Waals surface area contributed by atoms with E-state index in [1.54, 1.807) is 48.5 Å². The molecule has 0 atom stereocenters. The van der Waals surface area contributed by atoms with E-state index in [1.165, 1.54) is 18.2 Å². The molecule has 3 aromatic carbocycles. The van der Waals surface area contributed by atoms with E-state index in [2.05, 4.69) is 5.32 Å². The van der Waals surface area contributed by atoms with Crippen LogP contribution >= 0.6 is 0 Å². The van der Waals surface area contributed by atoms with Crippen molar-refractivity contribution >= 4 is 11.6 Å². The molecular weight excluding hydrogens is 339 g/mol. The molecule has 0 radical (unpaired) electrons. The Hall–Kier alpha value is -3.08. The minimum atomic E-state index is -4.54. The normalized spacial score (nSPS) is 11.4. The predicted molar refractivity (Wildman–Crippen MR) is 94.8 cm³/mol. The number of anilines is 1. The van der Waals surface area contributed by atoms with Crippen LogP contribution in [0.1, 0.15) is 22.6 Å². The van der Waals surface area contributed by atoms with Crippen LogP contribution in [-0.4, -0.2) is 5.91 Å². The highest BCUT2D eigenvalue weighted by molar-refractivity contribution is 5.98. The summed E-state index contributed by atoms with van der Waals surface area (Å²) in [5, 5.41) is 2.46. The molecule has 0 aliphatic heterocycles. The standard InChI is InChI=1S/C21H16F3NO/c22-21(23,24)17-13-7-8-14-18(17)25-20(26)19(15-9-3-1-4-10-15)16-11-5-2-6-12-16/h1-14,19H,(H,25,26). The summed E-state index contributed by atoms with van der Waals surface area (Å²) < 4.78 is 39.6. The number of carbonyl (C=O) groups excluding carboxylic acids is 1. The summed E-state index contributed by atoms with van der Waals surface area (Å²) in [6.45, 7) is 0. The van der Waals surface area contributed by atoms with Crippen molar-refractivity contribution in [1.29, 1.82) is 0 Å². The highest BCUT2D eigenvalue weighted by Crippen LogP contribution is 2.35. The quantitative estimate of drug-likeness (QED) is 0.660. The molecule has 0 aromatic heterocycles. The van der Waals surface area contributed by atoms with Crippen molar-refractivity contribution in [1.82, 2.24) is 0 Å². The third-order valence-electron chi connectivity index (χ3n) is 4.02. The maximum Gasteiger partial charge on any atom is 0.418 e. The van der Waals surface area contributed by atoms with Gasteiger partial charge in [-0.2, -0.15) is 13.2 Å². The number of halogens is 3. The Morgan fingerprint density at radius 2 is 1.19 bits per heavy atom. The van der Waals surface area contributed by atoms with E-state index in [0.717, 1.165) is 6.07 Å². The fraction of sp³-hybridized carbons (Fsp3) is 0.0952. The molecule has 5 heteroatoms. The highest BCUT2D eigenvalue weighted by atomic mass is 19.4. The Bertz CT molecular complexity index is 837. The number of rotatable bonds is 4. The first-order chi connectivity index (χ1) is 12.5. The Kier molecular flexibility index (Phi) is 5.07. The SMILES string of the molecule is O=C(Nc1ccccc1C(F)(F)F)C(c1ccccc1)c1ccccc1. The van der Waals surface area contributed by atoms with Gasteiger partial charge in [-0.05, 0) is 23.3 Å². The lowest BCUT2D eigenvalue weighted by Crippen LogP contribution is -2.24. The van der Waals surface area contributed by atoms with Crippen LogP contribution < -0.4 is 5.32 Å². The summed E-state index contributed by atoms with van der Waals surface area (Å²) in [4.78, 5) is 12.9. The zero-order valence-corrected chi connectivity index (χ0v) is 13.7. The number of carbonyl (C=O) groups is 1. The molecule has 26 heavy (non-hydrogen) atoms. The van der Waals surface area contributed by atoms with Crippen molar-refractivity contribution in [3.8, 4) is 0 Å². The maximum atomic E-state index is 13.2. The first-order valence-electron chi connectivity index (χ1n) is 8.04. The molecule has 3 aromatic rings. The molecule has 132 valence electrons. The number of alkyl halides is 3. The molecule has 0 aliphatic rings. The van der Waals surface area contributed by atoms with Crippen LogP contribution in [0.25, 0.3) is 0 Å². The van der Waals surface area contributed by atoms with Gasteiger partial charge in [0.15, 0.2) is 0 Å². The average molecular weight is 355 g/mol. The second-order valence-corrected chi connectivity index (χ2v) is 5.79. The molecule has 0 fully saturated rings. The second-order valence-electron chi connectivity index (χ2n) is 5.79. The summed E-state index contributed by atoms with van der Waals surface area (Å²) in [6.07, 6.45) is -4.54. The van der Waals surface area contributed by atoms with Gasteiger partial charge in [0, 0.05) is 0 Å². The van der Waals surface area contributed by atoms with E-state index in [0.29, 0.717) is 11.1 Å². The summed E-state index contributed by atoms with van der Waals surface area (Å²) in [7, 11) is 0. The number of hydrogen-bond acceptors (Lipinski definition) is 1. The number of para-hydroxylation sites is 1. The number of benzene rings is 3. The third kappa shape index (κ3) is 3.94. The number of nitrogens with one attached hydrogen (secondary N) is 1. The van der Waals surface area contributed by atoms with Crippen LogP contribution in [0.15, 0.2) is 84.9 Å². The van der Waals surface area contributed by atoms with Gasteiger partial charge in [0.1, 0.15) is 0 Å². The van der Waals surface area contributed by atoms with Crippen molar-refractivity contribution in [3.05, 3.63) is 102 Å². The summed E-state index contributed by atoms with van der Waals surface area (Å²) in [6, 6.07) is 22.9. The van der Waals surface area contributed by atoms with Crippen molar-refractivity contribution in [2.75, 3.05) is 5.32 Å². The lowest BCUT2D eigenvalue weighted by Gasteiger charge is -2.20. The molecule has 1 amide bonds. The molecule has 2 nitrogen and oxygen atoms in total. The van der Waals surface area contributed by atoms with Crippen molar-refractivity contribution in [3.63, 3.8) is 0 Å². The smallest absolute Gasteiger partial charge is 0.325 e. The molecular formula is C21H16F3NO. The maximum absolute atomic E-state index is 13.2. The topological polar surface area (TPSA) is 29.1 Å². The van der Waals surface area contributed by atoms with Gasteiger partial charge in [0.25, 0.3) is 0 Å². The lowest BCUT2D eigenvalue weighted by atomic mass is 9.90. The van der Waals surface area contributed by atoms with E-state index in [-0.39, 0.29) is 5.69 Å². The van der Waals surface area contributed by atoms with Crippen LogP contribution in [0.2, 0.25) is 0 Å². The highest BCUT2D eigenvalue weighted by Gasteiger charge is 2.34. The summed E-state index contributed by atoms with van der Waals surface area (Å²) in [5.74, 6) is -1.22. The van der Waals surface area contributed by atoms with Crippen LogP contribution in [0.3, 0.4) is 0 Å². The average Bonchev–Trinajstić information content (AvgIpc) is 2.63. The fourth-order valence-electron chi connectivity index (χ4n) is 2.83. The number of amides is 1. The van der Waals surface area contributed by atoms with Gasteiger partial charge in [-0.15, -0.1) is 0 Å². The van der Waals surface area contributed by atoms with Crippen molar-refractivity contribution in [2.24, 2.45) is 0 Å². The molecule has 3 rings (SSSR count). The van der Waals surface area contributed by atoms with Gasteiger partial charge in [-0.25, -0.2) is 0 Å². The van der Waals surface area contributed by atoms with E-state index < -0.39 is 23.6 Å². The van der Waals surface area contributed by atoms with Gasteiger partial charge in [-0.1, -0.05) is 72.8 Å². The van der Waals surface area contributed by atoms with E-state index in [1.807, 2.05) is 12.1 Å². The molecule has 0 spiro atoms. The summed E-state index contributed by atoms with van der Waals surface area (Å²) in [5.41, 5.74) is 0.302. The molecule has 0 unspecified atom stereocenters. The van der Waals surface area contributed by atoms with E-state index in [4.69, 9.17) is 0 Å². The van der Waals surface area contributed by atoms with Crippen LogP contribution in [0.4, 0.5) is 18.9 Å². The van der Waals surface area contributed by atoms with E-state index in [9.17, 15) is 18.0 Å². The van der Waals surface area contributed by atoms with Gasteiger partial charge < -0.3 is 5.32 Å². The van der Waals surface area contributed by atoms with Crippen molar-refractivity contribution in [2.45, 2.75) is 12.1 Å². The first-order valence-corrected chi connectivity index (χ1v) is 8.04. The second kappa shape index (κ2) is 7.44. The lowest BCUT2D eigenvalue weighted by molar-refractivity contribution is -0.137. The Balaban J connectivity index is 1.98. The van der Waals surface area contributed by atoms with Crippen molar-refractivity contribution < 1.29 is 18.0 Å². The minimum absolute atomic E-state index is 0.248. The molecule has 0 saturated carbocycles. The molecule has 0 aliphatic carbocycles. The fourth-order valence-corrected chi connectivity index (χ4v) is 2.83. The number of hydrogen-bond donors (Lipinski definition) is 1. The zero-order valence-electron chi connectivity index (χ0n) is 13.7. The Labute approximate surface area is 149 Å². The van der Waals surface area contributed by atoms with Crippen LogP contribution in [-0.2, 0) is 11.0 Å². The molecule has 0 bridgehead atoms. The summed E-state index contributed by atoms with van der Waals surface area (Å²) >= 11 is 0. The third-order valence-corrected chi connectivity index (χ3v) is 4.02. The predicted octanol–water partition coefficient (Wildman–Crippen LogP) is 5.48. The van der Waals surface area contributed by atoms with Gasteiger partial charge in [0.2, 0.25) is 5.91 Å². The van der Waals surface area contributed by atoms with E-state index >= 15 is 0 Å². The Morgan fingerprint density at radius 1 is 0.731 bits per heavy atom. The molecule has 0 saturated heterocycles. The zero-order chi connectivity index (χ0) is 18.6. The molecule has 0 heterocycles. The van der Waals surface area contributed by atoms with Gasteiger partial charge >= 0.3 is 6.18 Å². The molecule has 1 N–H and O–H groups in total. The van der Waals surface area contributed by atoms with Gasteiger partial charge in [0.05, 0.1) is 17.2 Å². The van der Waals surface area contributed by atoms with Crippen LogP contribution in [0.5, 0.6) is 0 Å². The monoisotopic (exact) mass is 355 g/mol. The minimum Gasteiger partial charge on any atom is -0.325 e. The first kappa shape index (κ1) is 17.7. The largest absolute Gasteiger partial charge is 0.418 e.